The Morgan fingerprint density at radius 2 is 2.46 bits per heavy atom. The Hall–Kier alpha value is -0.610. The van der Waals surface area contributed by atoms with Crippen LogP contribution in [0.25, 0.3) is 0 Å². The van der Waals surface area contributed by atoms with Gasteiger partial charge in [0.15, 0.2) is 5.82 Å². The van der Waals surface area contributed by atoms with Crippen LogP contribution in [0.4, 0.5) is 0 Å². The van der Waals surface area contributed by atoms with Crippen LogP contribution >= 0.6 is 11.6 Å². The second kappa shape index (κ2) is 3.64. The van der Waals surface area contributed by atoms with E-state index in [2.05, 4.69) is 10.1 Å². The van der Waals surface area contributed by atoms with E-state index in [0.717, 1.165) is 19.4 Å². The van der Waals surface area contributed by atoms with E-state index in [1.165, 1.54) is 0 Å². The summed E-state index contributed by atoms with van der Waals surface area (Å²) in [6.07, 6.45) is 1.99. The first-order valence-corrected chi connectivity index (χ1v) is 4.80. The smallest absolute Gasteiger partial charge is 0.255 e. The Balaban J connectivity index is 2.12. The third-order valence-electron chi connectivity index (χ3n) is 2.02. The van der Waals surface area contributed by atoms with Crippen LogP contribution in [0.2, 0.25) is 0 Å². The predicted molar refractivity (Wildman–Crippen MR) is 46.5 cm³/mol. The molecule has 72 valence electrons. The highest BCUT2D eigenvalue weighted by molar-refractivity contribution is 6.20. The molecule has 5 heteroatoms. The number of halogens is 1. The van der Waals surface area contributed by atoms with Crippen LogP contribution in [-0.4, -0.2) is 16.7 Å². The highest BCUT2D eigenvalue weighted by atomic mass is 35.5. The molecule has 1 saturated heterocycles. The van der Waals surface area contributed by atoms with E-state index in [1.54, 1.807) is 0 Å². The zero-order chi connectivity index (χ0) is 9.26. The molecule has 4 nitrogen and oxygen atoms in total. The number of aromatic nitrogens is 2. The molecule has 13 heavy (non-hydrogen) atoms. The SMILES string of the molecule is CC(Cl)c1noc(C2CCCO2)n1. The molecule has 0 spiro atoms. The first-order valence-electron chi connectivity index (χ1n) is 4.36. The molecule has 0 saturated carbocycles. The number of alkyl halides is 1. The topological polar surface area (TPSA) is 48.2 Å². The van der Waals surface area contributed by atoms with E-state index in [4.69, 9.17) is 20.9 Å². The molecule has 1 aromatic rings. The molecule has 2 unspecified atom stereocenters. The Morgan fingerprint density at radius 3 is 3.00 bits per heavy atom. The molecular formula is C8H11ClN2O2. The van der Waals surface area contributed by atoms with Crippen molar-refractivity contribution >= 4 is 11.6 Å². The lowest BCUT2D eigenvalue weighted by Gasteiger charge is -2.00. The lowest BCUT2D eigenvalue weighted by atomic mass is 10.2. The second-order valence-electron chi connectivity index (χ2n) is 3.11. The predicted octanol–water partition coefficient (Wildman–Crippen LogP) is 2.22. The van der Waals surface area contributed by atoms with E-state index in [1.807, 2.05) is 6.92 Å². The maximum Gasteiger partial charge on any atom is 0.255 e. The summed E-state index contributed by atoms with van der Waals surface area (Å²) in [5.41, 5.74) is 0. The summed E-state index contributed by atoms with van der Waals surface area (Å²) in [4.78, 5) is 4.16. The summed E-state index contributed by atoms with van der Waals surface area (Å²) in [7, 11) is 0. The van der Waals surface area contributed by atoms with Crippen LogP contribution in [0.5, 0.6) is 0 Å². The fourth-order valence-corrected chi connectivity index (χ4v) is 1.40. The van der Waals surface area contributed by atoms with E-state index >= 15 is 0 Å². The summed E-state index contributed by atoms with van der Waals surface area (Å²) < 4.78 is 10.4. The second-order valence-corrected chi connectivity index (χ2v) is 3.76. The normalized spacial score (nSPS) is 24.9. The number of hydrogen-bond acceptors (Lipinski definition) is 4. The summed E-state index contributed by atoms with van der Waals surface area (Å²) >= 11 is 5.80. The zero-order valence-corrected chi connectivity index (χ0v) is 8.12. The van der Waals surface area contributed by atoms with Gasteiger partial charge in [-0.15, -0.1) is 11.6 Å². The fourth-order valence-electron chi connectivity index (χ4n) is 1.31. The maximum atomic E-state index is 5.80. The van der Waals surface area contributed by atoms with Gasteiger partial charge < -0.3 is 9.26 Å². The summed E-state index contributed by atoms with van der Waals surface area (Å²) in [5.74, 6) is 1.09. The van der Waals surface area contributed by atoms with Gasteiger partial charge >= 0.3 is 0 Å². The Bertz CT molecular complexity index is 281. The van der Waals surface area contributed by atoms with Crippen molar-refractivity contribution in [3.8, 4) is 0 Å². The van der Waals surface area contributed by atoms with Crippen LogP contribution < -0.4 is 0 Å². The fraction of sp³-hybridized carbons (Fsp3) is 0.750. The van der Waals surface area contributed by atoms with Crippen molar-refractivity contribution in [3.63, 3.8) is 0 Å². The molecule has 1 aromatic heterocycles. The number of hydrogen-bond donors (Lipinski definition) is 0. The van der Waals surface area contributed by atoms with Gasteiger partial charge in [0.25, 0.3) is 5.89 Å². The maximum absolute atomic E-state index is 5.80. The first kappa shape index (κ1) is 8.97. The largest absolute Gasteiger partial charge is 0.368 e. The molecule has 2 atom stereocenters. The molecule has 0 bridgehead atoms. The Labute approximate surface area is 81.2 Å². The van der Waals surface area contributed by atoms with Gasteiger partial charge in [0.1, 0.15) is 6.10 Å². The van der Waals surface area contributed by atoms with Crippen molar-refractivity contribution in [1.82, 2.24) is 10.1 Å². The molecule has 0 aromatic carbocycles. The van der Waals surface area contributed by atoms with Crippen LogP contribution in [0.15, 0.2) is 4.52 Å². The quantitative estimate of drug-likeness (QED) is 0.690. The highest BCUT2D eigenvalue weighted by Gasteiger charge is 2.24. The van der Waals surface area contributed by atoms with E-state index in [0.29, 0.717) is 11.7 Å². The average Bonchev–Trinajstić information content (AvgIpc) is 2.75. The van der Waals surface area contributed by atoms with Crippen LogP contribution in [-0.2, 0) is 4.74 Å². The molecule has 0 aliphatic carbocycles. The van der Waals surface area contributed by atoms with Crippen LogP contribution in [0, 0.1) is 0 Å². The molecule has 0 radical (unpaired) electrons. The molecule has 1 aliphatic rings. The highest BCUT2D eigenvalue weighted by Crippen LogP contribution is 2.28. The minimum Gasteiger partial charge on any atom is -0.368 e. The number of ether oxygens (including phenoxy) is 1. The van der Waals surface area contributed by atoms with Crippen LogP contribution in [0.1, 0.15) is 43.0 Å². The van der Waals surface area contributed by atoms with Gasteiger partial charge in [-0.05, 0) is 19.8 Å². The Kier molecular flexibility index (Phi) is 2.51. The van der Waals surface area contributed by atoms with Gasteiger partial charge in [-0.3, -0.25) is 0 Å². The first-order chi connectivity index (χ1) is 6.27. The molecule has 2 rings (SSSR count). The van der Waals surface area contributed by atoms with Gasteiger partial charge in [0.05, 0.1) is 5.38 Å². The van der Waals surface area contributed by atoms with Gasteiger partial charge in [-0.1, -0.05) is 5.16 Å². The van der Waals surface area contributed by atoms with E-state index in [-0.39, 0.29) is 11.5 Å². The standard InChI is InChI=1S/C8H11ClN2O2/c1-5(9)7-10-8(13-11-7)6-3-2-4-12-6/h5-6H,2-4H2,1H3. The number of rotatable bonds is 2. The molecule has 0 amide bonds. The lowest BCUT2D eigenvalue weighted by Crippen LogP contribution is -1.96. The van der Waals surface area contributed by atoms with Crippen LogP contribution in [0.3, 0.4) is 0 Å². The van der Waals surface area contributed by atoms with Crippen molar-refractivity contribution in [2.75, 3.05) is 6.61 Å². The number of nitrogens with zero attached hydrogens (tertiary/aromatic N) is 2. The molecule has 1 fully saturated rings. The zero-order valence-electron chi connectivity index (χ0n) is 7.36. The minimum atomic E-state index is -0.209. The molecule has 0 N–H and O–H groups in total. The molecule has 2 heterocycles. The third kappa shape index (κ3) is 1.84. The third-order valence-corrected chi connectivity index (χ3v) is 2.21. The average molecular weight is 203 g/mol. The molecule has 1 aliphatic heterocycles. The summed E-state index contributed by atoms with van der Waals surface area (Å²) in [6, 6.07) is 0. The van der Waals surface area contributed by atoms with E-state index < -0.39 is 0 Å². The lowest BCUT2D eigenvalue weighted by molar-refractivity contribution is 0.0835. The Morgan fingerprint density at radius 1 is 1.62 bits per heavy atom. The van der Waals surface area contributed by atoms with Crippen molar-refractivity contribution in [2.45, 2.75) is 31.2 Å². The summed E-state index contributed by atoms with van der Waals surface area (Å²) in [5, 5.41) is 3.55. The summed E-state index contributed by atoms with van der Waals surface area (Å²) in [6.45, 7) is 2.59. The van der Waals surface area contributed by atoms with Gasteiger partial charge in [0, 0.05) is 6.61 Å². The van der Waals surface area contributed by atoms with Crippen molar-refractivity contribution in [2.24, 2.45) is 0 Å². The van der Waals surface area contributed by atoms with Crippen molar-refractivity contribution in [1.29, 1.82) is 0 Å². The van der Waals surface area contributed by atoms with Gasteiger partial charge in [-0.25, -0.2) is 0 Å². The molecular weight excluding hydrogens is 192 g/mol. The monoisotopic (exact) mass is 202 g/mol. The van der Waals surface area contributed by atoms with E-state index in [9.17, 15) is 0 Å². The van der Waals surface area contributed by atoms with Gasteiger partial charge in [-0.2, -0.15) is 4.98 Å². The van der Waals surface area contributed by atoms with Crippen molar-refractivity contribution in [3.05, 3.63) is 11.7 Å². The minimum absolute atomic E-state index is 0.0170. The van der Waals surface area contributed by atoms with Gasteiger partial charge in [0.2, 0.25) is 0 Å². The van der Waals surface area contributed by atoms with Crippen molar-refractivity contribution < 1.29 is 9.26 Å².